The minimum Gasteiger partial charge on any atom is -0.497 e. The van der Waals surface area contributed by atoms with Crippen LogP contribution in [0.4, 0.5) is 0 Å². The van der Waals surface area contributed by atoms with Gasteiger partial charge in [-0.1, -0.05) is 30.3 Å². The fourth-order valence-electron chi connectivity index (χ4n) is 3.45. The van der Waals surface area contributed by atoms with E-state index in [1.54, 1.807) is 43.5 Å². The van der Waals surface area contributed by atoms with Crippen molar-refractivity contribution in [2.45, 2.75) is 5.92 Å². The van der Waals surface area contributed by atoms with Crippen molar-refractivity contribution < 1.29 is 19.0 Å². The smallest absolute Gasteiger partial charge is 0.344 e. The number of esters is 1. The largest absolute Gasteiger partial charge is 0.497 e. The molecule has 1 aliphatic rings. The van der Waals surface area contributed by atoms with Crippen molar-refractivity contribution in [2.75, 3.05) is 7.11 Å². The van der Waals surface area contributed by atoms with E-state index in [0.29, 0.717) is 32.9 Å². The number of carbonyl (C=O) groups excluding carboxylic acids is 1. The minimum absolute atomic E-state index is 0.0112. The van der Waals surface area contributed by atoms with E-state index in [1.807, 2.05) is 30.3 Å². The van der Waals surface area contributed by atoms with E-state index in [9.17, 15) is 10.1 Å². The molecule has 0 bridgehead atoms. The fraction of sp³-hybridized carbons (Fsp3) is 0.0833. The van der Waals surface area contributed by atoms with Crippen molar-refractivity contribution in [3.8, 4) is 23.3 Å². The van der Waals surface area contributed by atoms with E-state index in [2.05, 4.69) is 22.0 Å². The number of allylic oxidation sites excluding steroid dienone is 1. The molecule has 0 saturated heterocycles. The molecule has 1 atom stereocenters. The van der Waals surface area contributed by atoms with E-state index >= 15 is 0 Å². The summed E-state index contributed by atoms with van der Waals surface area (Å²) < 4.78 is 17.2. The number of nitrogens with zero attached hydrogens (tertiary/aromatic N) is 1. The molecule has 1 unspecified atom stereocenters. The molecule has 0 saturated carbocycles. The first-order valence-electron chi connectivity index (χ1n) is 9.34. The number of halogens is 1. The first kappa shape index (κ1) is 20.5. The maximum atomic E-state index is 12.5. The van der Waals surface area contributed by atoms with Crippen LogP contribution < -0.4 is 19.9 Å². The molecule has 4 rings (SSSR count). The molecule has 0 amide bonds. The molecular formula is C24H17BrN2O4. The van der Waals surface area contributed by atoms with Gasteiger partial charge in [0.05, 0.1) is 18.6 Å². The third-order valence-corrected chi connectivity index (χ3v) is 5.61. The van der Waals surface area contributed by atoms with Gasteiger partial charge < -0.3 is 19.9 Å². The van der Waals surface area contributed by atoms with Crippen molar-refractivity contribution in [2.24, 2.45) is 5.73 Å². The molecule has 154 valence electrons. The van der Waals surface area contributed by atoms with Gasteiger partial charge >= 0.3 is 5.97 Å². The average Bonchev–Trinajstić information content (AvgIpc) is 2.78. The highest BCUT2D eigenvalue weighted by atomic mass is 79.9. The Balaban J connectivity index is 1.71. The second kappa shape index (κ2) is 8.54. The minimum atomic E-state index is -0.506. The van der Waals surface area contributed by atoms with Gasteiger partial charge in [-0.2, -0.15) is 5.26 Å². The topological polar surface area (TPSA) is 94.6 Å². The van der Waals surface area contributed by atoms with Gasteiger partial charge in [-0.25, -0.2) is 4.79 Å². The molecule has 0 aliphatic carbocycles. The predicted molar refractivity (Wildman–Crippen MR) is 118 cm³/mol. The summed E-state index contributed by atoms with van der Waals surface area (Å²) in [5, 5.41) is 9.70. The number of rotatable bonds is 4. The van der Waals surface area contributed by atoms with Crippen LogP contribution in [0.15, 0.2) is 82.7 Å². The Morgan fingerprint density at radius 1 is 1.10 bits per heavy atom. The second-order valence-electron chi connectivity index (χ2n) is 6.77. The zero-order valence-electron chi connectivity index (χ0n) is 16.5. The molecule has 1 heterocycles. The Hall–Kier alpha value is -3.76. The van der Waals surface area contributed by atoms with Crippen LogP contribution >= 0.6 is 15.9 Å². The SMILES string of the molecule is COc1cccc(C2C(C#N)=C(N)Oc3cc(OC(=O)c4ccccc4Br)ccc32)c1. The van der Waals surface area contributed by atoms with Crippen LogP contribution in [-0.4, -0.2) is 13.1 Å². The monoisotopic (exact) mass is 476 g/mol. The van der Waals surface area contributed by atoms with Gasteiger partial charge in [0.2, 0.25) is 5.88 Å². The summed E-state index contributed by atoms with van der Waals surface area (Å²) >= 11 is 3.35. The van der Waals surface area contributed by atoms with Crippen LogP contribution in [0, 0.1) is 11.3 Å². The summed E-state index contributed by atoms with van der Waals surface area (Å²) in [6.07, 6.45) is 0. The summed E-state index contributed by atoms with van der Waals surface area (Å²) in [7, 11) is 1.58. The Labute approximate surface area is 187 Å². The molecule has 2 N–H and O–H groups in total. The number of methoxy groups -OCH3 is 1. The lowest BCUT2D eigenvalue weighted by Gasteiger charge is -2.27. The number of hydrogen-bond donors (Lipinski definition) is 1. The lowest BCUT2D eigenvalue weighted by molar-refractivity contribution is 0.0733. The number of benzene rings is 3. The highest BCUT2D eigenvalue weighted by Crippen LogP contribution is 2.44. The molecule has 1 aliphatic heterocycles. The van der Waals surface area contributed by atoms with Crippen LogP contribution in [0.5, 0.6) is 17.2 Å². The van der Waals surface area contributed by atoms with Crippen LogP contribution in [-0.2, 0) is 0 Å². The van der Waals surface area contributed by atoms with Gasteiger partial charge in [0.1, 0.15) is 28.9 Å². The normalized spacial score (nSPS) is 14.8. The van der Waals surface area contributed by atoms with Gasteiger partial charge in [-0.15, -0.1) is 0 Å². The average molecular weight is 477 g/mol. The highest BCUT2D eigenvalue weighted by molar-refractivity contribution is 9.10. The van der Waals surface area contributed by atoms with Crippen LogP contribution in [0.3, 0.4) is 0 Å². The molecule has 0 radical (unpaired) electrons. The molecular weight excluding hydrogens is 460 g/mol. The molecule has 7 heteroatoms. The van der Waals surface area contributed by atoms with Gasteiger partial charge in [0.25, 0.3) is 0 Å². The second-order valence-corrected chi connectivity index (χ2v) is 7.62. The van der Waals surface area contributed by atoms with Crippen molar-refractivity contribution in [1.82, 2.24) is 0 Å². The van der Waals surface area contributed by atoms with Crippen LogP contribution in [0.25, 0.3) is 0 Å². The Morgan fingerprint density at radius 3 is 2.65 bits per heavy atom. The molecule has 0 spiro atoms. The molecule has 3 aromatic rings. The van der Waals surface area contributed by atoms with E-state index in [0.717, 1.165) is 11.1 Å². The zero-order valence-corrected chi connectivity index (χ0v) is 18.0. The van der Waals surface area contributed by atoms with E-state index in [1.165, 1.54) is 0 Å². The maximum Gasteiger partial charge on any atom is 0.344 e. The maximum absolute atomic E-state index is 12.5. The first-order chi connectivity index (χ1) is 15.0. The Bertz CT molecular complexity index is 1250. The number of carbonyl (C=O) groups is 1. The quantitative estimate of drug-likeness (QED) is 0.425. The van der Waals surface area contributed by atoms with Gasteiger partial charge in [0.15, 0.2) is 0 Å². The molecule has 6 nitrogen and oxygen atoms in total. The van der Waals surface area contributed by atoms with Crippen molar-refractivity contribution in [1.29, 1.82) is 5.26 Å². The summed E-state index contributed by atoms with van der Waals surface area (Å²) in [5.74, 6) is 0.460. The number of ether oxygens (including phenoxy) is 3. The lowest BCUT2D eigenvalue weighted by atomic mass is 9.83. The summed E-state index contributed by atoms with van der Waals surface area (Å²) in [5.41, 5.74) is 8.33. The molecule has 0 fully saturated rings. The number of nitriles is 1. The third kappa shape index (κ3) is 3.98. The zero-order chi connectivity index (χ0) is 22.0. The first-order valence-corrected chi connectivity index (χ1v) is 10.1. The predicted octanol–water partition coefficient (Wildman–Crippen LogP) is 4.90. The number of fused-ring (bicyclic) bond motifs is 1. The van der Waals surface area contributed by atoms with E-state index < -0.39 is 11.9 Å². The Morgan fingerprint density at radius 2 is 1.90 bits per heavy atom. The van der Waals surface area contributed by atoms with Gasteiger partial charge in [0, 0.05) is 16.1 Å². The fourth-order valence-corrected chi connectivity index (χ4v) is 3.90. The van der Waals surface area contributed by atoms with Crippen molar-refractivity contribution >= 4 is 21.9 Å². The molecule has 0 aromatic heterocycles. The Kier molecular flexibility index (Phi) is 5.65. The summed E-state index contributed by atoms with van der Waals surface area (Å²) in [4.78, 5) is 12.5. The lowest BCUT2D eigenvalue weighted by Crippen LogP contribution is -2.21. The number of nitrogens with two attached hydrogens (primary N) is 1. The summed E-state index contributed by atoms with van der Waals surface area (Å²) in [6, 6.07) is 21.6. The molecule has 31 heavy (non-hydrogen) atoms. The molecule has 3 aromatic carbocycles. The third-order valence-electron chi connectivity index (χ3n) is 4.92. The number of hydrogen-bond acceptors (Lipinski definition) is 6. The van der Waals surface area contributed by atoms with E-state index in [4.69, 9.17) is 19.9 Å². The van der Waals surface area contributed by atoms with Gasteiger partial charge in [-0.3, -0.25) is 0 Å². The standard InChI is InChI=1S/C24H17BrN2O4/c1-29-15-6-4-5-14(11-15)22-18-10-9-16(12-21(18)31-23(27)19(22)13-26)30-24(28)17-7-2-3-8-20(17)25/h2-12,22H,27H2,1H3. The van der Waals surface area contributed by atoms with Crippen molar-refractivity contribution in [3.63, 3.8) is 0 Å². The highest BCUT2D eigenvalue weighted by Gasteiger charge is 2.31. The van der Waals surface area contributed by atoms with Gasteiger partial charge in [-0.05, 0) is 51.8 Å². The van der Waals surface area contributed by atoms with Crippen LogP contribution in [0.2, 0.25) is 0 Å². The van der Waals surface area contributed by atoms with Crippen LogP contribution in [0.1, 0.15) is 27.4 Å². The van der Waals surface area contributed by atoms with E-state index in [-0.39, 0.29) is 5.88 Å². The van der Waals surface area contributed by atoms with Crippen molar-refractivity contribution in [3.05, 3.63) is 99.3 Å². The summed E-state index contributed by atoms with van der Waals surface area (Å²) in [6.45, 7) is 0.